The molecule has 0 saturated carbocycles. The van der Waals surface area contributed by atoms with E-state index < -0.39 is 0 Å². The highest BCUT2D eigenvalue weighted by Gasteiger charge is 2.11. The highest BCUT2D eigenvalue weighted by molar-refractivity contribution is 14.1. The molecule has 0 amide bonds. The van der Waals surface area contributed by atoms with Crippen molar-refractivity contribution in [3.63, 3.8) is 0 Å². The Kier molecular flexibility index (Phi) is 4.40. The van der Waals surface area contributed by atoms with Crippen molar-refractivity contribution >= 4 is 44.4 Å². The predicted octanol–water partition coefficient (Wildman–Crippen LogP) is 5.05. The van der Waals surface area contributed by atoms with Crippen molar-refractivity contribution in [1.82, 2.24) is 10.3 Å². The molecule has 1 heterocycles. The summed E-state index contributed by atoms with van der Waals surface area (Å²) in [6, 6.07) is 15.4. The second-order valence-electron chi connectivity index (χ2n) is 5.39. The Morgan fingerprint density at radius 3 is 2.57 bits per heavy atom. The molecule has 1 N–H and O–H groups in total. The summed E-state index contributed by atoms with van der Waals surface area (Å²) < 4.78 is 1.20. The Bertz CT molecular complexity index is 783. The van der Waals surface area contributed by atoms with Crippen molar-refractivity contribution in [1.29, 1.82) is 0 Å². The van der Waals surface area contributed by atoms with Gasteiger partial charge in [-0.05, 0) is 60.2 Å². The van der Waals surface area contributed by atoms with E-state index >= 15 is 0 Å². The molecule has 3 aromatic rings. The third-order valence-corrected chi connectivity index (χ3v) is 4.69. The maximum Gasteiger partial charge on any atom is 0.0843 e. The molecule has 0 aliphatic rings. The van der Waals surface area contributed by atoms with Crippen LogP contribution in [0.5, 0.6) is 0 Å². The van der Waals surface area contributed by atoms with Gasteiger partial charge in [0.2, 0.25) is 0 Å². The van der Waals surface area contributed by atoms with E-state index in [1.807, 2.05) is 0 Å². The monoisotopic (exact) mass is 390 g/mol. The van der Waals surface area contributed by atoms with Gasteiger partial charge in [0.05, 0.1) is 11.0 Å². The summed E-state index contributed by atoms with van der Waals surface area (Å²) in [5, 5.41) is 5.99. The quantitative estimate of drug-likeness (QED) is 0.498. The summed E-state index contributed by atoms with van der Waals surface area (Å²) in [6.07, 6.45) is 1.14. The maximum absolute atomic E-state index is 4.96. The van der Waals surface area contributed by atoms with Crippen LogP contribution >= 0.6 is 22.6 Å². The number of para-hydroxylation sites is 2. The number of nitrogens with zero attached hydrogens (tertiary/aromatic N) is 1. The second kappa shape index (κ2) is 6.28. The first-order valence-corrected chi connectivity index (χ1v) is 8.50. The number of halogens is 1. The lowest BCUT2D eigenvalue weighted by Crippen LogP contribution is -2.19. The van der Waals surface area contributed by atoms with Crippen LogP contribution in [-0.2, 0) is 0 Å². The molecule has 108 valence electrons. The first-order chi connectivity index (χ1) is 10.2. The van der Waals surface area contributed by atoms with Gasteiger partial charge in [-0.2, -0.15) is 0 Å². The van der Waals surface area contributed by atoms with E-state index in [4.69, 9.17) is 4.98 Å². The number of aromatic nitrogens is 1. The van der Waals surface area contributed by atoms with Gasteiger partial charge in [0.1, 0.15) is 0 Å². The summed E-state index contributed by atoms with van der Waals surface area (Å²) in [7, 11) is 0. The number of rotatable bonds is 4. The fourth-order valence-corrected chi connectivity index (χ4v) is 3.33. The Morgan fingerprint density at radius 1 is 1.10 bits per heavy atom. The van der Waals surface area contributed by atoms with Crippen LogP contribution in [-0.4, -0.2) is 11.5 Å². The number of pyridine rings is 1. The Balaban J connectivity index is 2.19. The fraction of sp³-hybridized carbons (Fsp3) is 0.278. The van der Waals surface area contributed by atoms with Gasteiger partial charge in [0.25, 0.3) is 0 Å². The summed E-state index contributed by atoms with van der Waals surface area (Å²) in [5.74, 6) is 0. The van der Waals surface area contributed by atoms with E-state index in [0.29, 0.717) is 6.04 Å². The third kappa shape index (κ3) is 2.90. The normalized spacial score (nSPS) is 12.9. The van der Waals surface area contributed by atoms with Gasteiger partial charge in [-0.1, -0.05) is 37.3 Å². The molecular weight excluding hydrogens is 371 g/mol. The highest BCUT2D eigenvalue weighted by Crippen LogP contribution is 2.28. The molecule has 0 radical (unpaired) electrons. The van der Waals surface area contributed by atoms with E-state index in [-0.39, 0.29) is 0 Å². The average molecular weight is 390 g/mol. The molecule has 0 aliphatic carbocycles. The van der Waals surface area contributed by atoms with Crippen molar-refractivity contribution in [2.75, 3.05) is 6.54 Å². The van der Waals surface area contributed by atoms with Crippen molar-refractivity contribution in [2.45, 2.75) is 26.3 Å². The van der Waals surface area contributed by atoms with Gasteiger partial charge in [-0.25, -0.2) is 4.98 Å². The van der Waals surface area contributed by atoms with E-state index in [1.54, 1.807) is 0 Å². The number of benzene rings is 2. The van der Waals surface area contributed by atoms with Crippen LogP contribution in [0.3, 0.4) is 0 Å². The van der Waals surface area contributed by atoms with Crippen LogP contribution in [0.15, 0.2) is 42.5 Å². The predicted molar refractivity (Wildman–Crippen MR) is 98.7 cm³/mol. The Morgan fingerprint density at radius 2 is 1.81 bits per heavy atom. The SMILES string of the molecule is CCCNC(C)c1cccc2cc3cccc(I)c3nc12. The third-order valence-electron chi connectivity index (χ3n) is 3.82. The molecule has 0 aliphatic heterocycles. The van der Waals surface area contributed by atoms with Gasteiger partial charge >= 0.3 is 0 Å². The number of fused-ring (bicyclic) bond motifs is 2. The molecular formula is C18H19IN2. The lowest BCUT2D eigenvalue weighted by atomic mass is 10.0. The number of nitrogens with one attached hydrogen (secondary N) is 1. The molecule has 0 saturated heterocycles. The van der Waals surface area contributed by atoms with Crippen LogP contribution in [0.25, 0.3) is 21.8 Å². The van der Waals surface area contributed by atoms with Crippen LogP contribution in [0.4, 0.5) is 0 Å². The average Bonchev–Trinajstić information content (AvgIpc) is 2.50. The number of hydrogen-bond acceptors (Lipinski definition) is 2. The van der Waals surface area contributed by atoms with E-state index in [2.05, 4.69) is 84.2 Å². The van der Waals surface area contributed by atoms with Gasteiger partial charge in [0.15, 0.2) is 0 Å². The molecule has 1 aromatic heterocycles. The minimum absolute atomic E-state index is 0.319. The molecule has 2 aromatic carbocycles. The zero-order chi connectivity index (χ0) is 14.8. The summed E-state index contributed by atoms with van der Waals surface area (Å²) >= 11 is 2.36. The standard InChI is InChI=1S/C18H19IN2/c1-3-10-20-12(2)15-8-4-6-13-11-14-7-5-9-16(19)18(14)21-17(13)15/h4-9,11-12,20H,3,10H2,1-2H3. The minimum Gasteiger partial charge on any atom is -0.310 e. The lowest BCUT2D eigenvalue weighted by Gasteiger charge is -2.16. The van der Waals surface area contributed by atoms with E-state index in [9.17, 15) is 0 Å². The fourth-order valence-electron chi connectivity index (χ4n) is 2.69. The van der Waals surface area contributed by atoms with Gasteiger partial charge < -0.3 is 5.32 Å². The molecule has 21 heavy (non-hydrogen) atoms. The molecule has 1 unspecified atom stereocenters. The van der Waals surface area contributed by atoms with Gasteiger partial charge in [-0.15, -0.1) is 0 Å². The summed E-state index contributed by atoms with van der Waals surface area (Å²) in [4.78, 5) is 4.96. The molecule has 3 rings (SSSR count). The Hall–Kier alpha value is -1.20. The minimum atomic E-state index is 0.319. The highest BCUT2D eigenvalue weighted by atomic mass is 127. The molecule has 1 atom stereocenters. The first-order valence-electron chi connectivity index (χ1n) is 7.42. The Labute approximate surface area is 139 Å². The van der Waals surface area contributed by atoms with Crippen LogP contribution in [0.1, 0.15) is 31.9 Å². The lowest BCUT2D eigenvalue weighted by molar-refractivity contribution is 0.573. The topological polar surface area (TPSA) is 24.9 Å². The van der Waals surface area contributed by atoms with Crippen LogP contribution < -0.4 is 5.32 Å². The largest absolute Gasteiger partial charge is 0.310 e. The first kappa shape index (κ1) is 14.7. The molecule has 3 heteroatoms. The summed E-state index contributed by atoms with van der Waals surface area (Å²) in [5.41, 5.74) is 3.49. The van der Waals surface area contributed by atoms with Crippen molar-refractivity contribution in [2.24, 2.45) is 0 Å². The molecule has 0 spiro atoms. The van der Waals surface area contributed by atoms with E-state index in [1.165, 1.54) is 19.9 Å². The number of hydrogen-bond donors (Lipinski definition) is 1. The summed E-state index contributed by atoms with van der Waals surface area (Å²) in [6.45, 7) is 5.44. The molecule has 0 bridgehead atoms. The second-order valence-corrected chi connectivity index (χ2v) is 6.56. The maximum atomic E-state index is 4.96. The smallest absolute Gasteiger partial charge is 0.0843 e. The molecule has 0 fully saturated rings. The van der Waals surface area contributed by atoms with Crippen LogP contribution in [0.2, 0.25) is 0 Å². The van der Waals surface area contributed by atoms with Crippen LogP contribution in [0, 0.1) is 3.57 Å². The van der Waals surface area contributed by atoms with Crippen molar-refractivity contribution in [3.8, 4) is 0 Å². The zero-order valence-corrected chi connectivity index (χ0v) is 14.5. The zero-order valence-electron chi connectivity index (χ0n) is 12.4. The van der Waals surface area contributed by atoms with Gasteiger partial charge in [-0.3, -0.25) is 0 Å². The molecule has 2 nitrogen and oxygen atoms in total. The van der Waals surface area contributed by atoms with Crippen molar-refractivity contribution in [3.05, 3.63) is 51.6 Å². The van der Waals surface area contributed by atoms with E-state index in [0.717, 1.165) is 24.0 Å². The van der Waals surface area contributed by atoms with Crippen molar-refractivity contribution < 1.29 is 0 Å². The van der Waals surface area contributed by atoms with Gasteiger partial charge in [0, 0.05) is 20.4 Å².